The summed E-state index contributed by atoms with van der Waals surface area (Å²) in [5, 5.41) is 4.48. The Bertz CT molecular complexity index is 368. The average molecular weight is 282 g/mol. The van der Waals surface area contributed by atoms with Crippen molar-refractivity contribution in [2.75, 3.05) is 6.54 Å². The Balaban J connectivity index is 2.58. The van der Waals surface area contributed by atoms with Crippen LogP contribution >= 0.6 is 11.6 Å². The SMILES string of the molecule is CCCCC(CNC(C)(C)C)Cc1cccc(Cl)c1. The Hall–Kier alpha value is -0.530. The fourth-order valence-corrected chi connectivity index (χ4v) is 2.43. The van der Waals surface area contributed by atoms with E-state index in [2.05, 4.69) is 45.1 Å². The van der Waals surface area contributed by atoms with E-state index < -0.39 is 0 Å². The van der Waals surface area contributed by atoms with Crippen LogP contribution in [0.25, 0.3) is 0 Å². The van der Waals surface area contributed by atoms with Crippen LogP contribution in [0.2, 0.25) is 5.02 Å². The van der Waals surface area contributed by atoms with Crippen molar-refractivity contribution >= 4 is 11.6 Å². The summed E-state index contributed by atoms with van der Waals surface area (Å²) in [6.45, 7) is 10.0. The van der Waals surface area contributed by atoms with E-state index in [0.29, 0.717) is 5.92 Å². The fraction of sp³-hybridized carbons (Fsp3) is 0.647. The van der Waals surface area contributed by atoms with E-state index in [1.807, 2.05) is 12.1 Å². The second kappa shape index (κ2) is 7.91. The molecule has 1 rings (SSSR count). The molecule has 1 atom stereocenters. The van der Waals surface area contributed by atoms with Gasteiger partial charge in [0.05, 0.1) is 0 Å². The Kier molecular flexibility index (Phi) is 6.88. The van der Waals surface area contributed by atoms with Gasteiger partial charge in [0.15, 0.2) is 0 Å². The molecule has 1 aromatic carbocycles. The molecule has 1 nitrogen and oxygen atoms in total. The molecular formula is C17H28ClN. The van der Waals surface area contributed by atoms with Crippen molar-refractivity contribution in [3.05, 3.63) is 34.9 Å². The van der Waals surface area contributed by atoms with Crippen molar-refractivity contribution in [1.82, 2.24) is 5.32 Å². The van der Waals surface area contributed by atoms with Gasteiger partial charge in [0.1, 0.15) is 0 Å². The van der Waals surface area contributed by atoms with Gasteiger partial charge < -0.3 is 5.32 Å². The highest BCUT2D eigenvalue weighted by molar-refractivity contribution is 6.30. The molecule has 2 heteroatoms. The first kappa shape index (κ1) is 16.5. The summed E-state index contributed by atoms with van der Waals surface area (Å²) < 4.78 is 0. The zero-order valence-corrected chi connectivity index (χ0v) is 13.6. The maximum absolute atomic E-state index is 6.07. The topological polar surface area (TPSA) is 12.0 Å². The van der Waals surface area contributed by atoms with E-state index in [4.69, 9.17) is 11.6 Å². The lowest BCUT2D eigenvalue weighted by molar-refractivity contribution is 0.351. The zero-order chi connectivity index (χ0) is 14.3. The maximum Gasteiger partial charge on any atom is 0.0408 e. The van der Waals surface area contributed by atoms with E-state index >= 15 is 0 Å². The van der Waals surface area contributed by atoms with Crippen molar-refractivity contribution in [1.29, 1.82) is 0 Å². The molecule has 0 saturated carbocycles. The van der Waals surface area contributed by atoms with Gasteiger partial charge in [0.2, 0.25) is 0 Å². The molecular weight excluding hydrogens is 254 g/mol. The molecule has 0 amide bonds. The van der Waals surface area contributed by atoms with Gasteiger partial charge in [-0.05, 0) is 63.8 Å². The number of hydrogen-bond acceptors (Lipinski definition) is 1. The van der Waals surface area contributed by atoms with Crippen LogP contribution in [-0.4, -0.2) is 12.1 Å². The fourth-order valence-electron chi connectivity index (χ4n) is 2.22. The van der Waals surface area contributed by atoms with Crippen molar-refractivity contribution in [2.24, 2.45) is 5.92 Å². The highest BCUT2D eigenvalue weighted by Crippen LogP contribution is 2.18. The van der Waals surface area contributed by atoms with Crippen LogP contribution in [0.1, 0.15) is 52.5 Å². The molecule has 0 bridgehead atoms. The number of nitrogens with one attached hydrogen (secondary N) is 1. The van der Waals surface area contributed by atoms with Crippen molar-refractivity contribution < 1.29 is 0 Å². The van der Waals surface area contributed by atoms with E-state index in [-0.39, 0.29) is 5.54 Å². The van der Waals surface area contributed by atoms with E-state index in [1.54, 1.807) is 0 Å². The quantitative estimate of drug-likeness (QED) is 0.735. The molecule has 1 N–H and O–H groups in total. The summed E-state index contributed by atoms with van der Waals surface area (Å²) >= 11 is 6.07. The monoisotopic (exact) mass is 281 g/mol. The number of hydrogen-bond donors (Lipinski definition) is 1. The second-order valence-electron chi connectivity index (χ2n) is 6.47. The van der Waals surface area contributed by atoms with Crippen molar-refractivity contribution in [3.63, 3.8) is 0 Å². The minimum absolute atomic E-state index is 0.193. The molecule has 0 aliphatic carbocycles. The molecule has 0 aliphatic heterocycles. The Morgan fingerprint density at radius 2 is 2.00 bits per heavy atom. The first-order valence-corrected chi connectivity index (χ1v) is 7.78. The Morgan fingerprint density at radius 3 is 2.58 bits per heavy atom. The van der Waals surface area contributed by atoms with Crippen LogP contribution < -0.4 is 5.32 Å². The average Bonchev–Trinajstić information content (AvgIpc) is 2.31. The molecule has 0 aliphatic rings. The van der Waals surface area contributed by atoms with Crippen LogP contribution in [0.15, 0.2) is 24.3 Å². The third kappa shape index (κ3) is 7.59. The molecule has 0 fully saturated rings. The van der Waals surface area contributed by atoms with E-state index in [1.165, 1.54) is 24.8 Å². The van der Waals surface area contributed by atoms with E-state index in [9.17, 15) is 0 Å². The first-order chi connectivity index (χ1) is 8.90. The number of benzene rings is 1. The summed E-state index contributed by atoms with van der Waals surface area (Å²) in [6, 6.07) is 8.27. The van der Waals surface area contributed by atoms with Gasteiger partial charge in [-0.3, -0.25) is 0 Å². The first-order valence-electron chi connectivity index (χ1n) is 7.40. The molecule has 108 valence electrons. The lowest BCUT2D eigenvalue weighted by atomic mass is 9.93. The predicted octanol–water partition coefficient (Wildman–Crippen LogP) is 5.08. The number of halogens is 1. The number of unbranched alkanes of at least 4 members (excludes halogenated alkanes) is 1. The van der Waals surface area contributed by atoms with Crippen LogP contribution in [-0.2, 0) is 6.42 Å². The normalized spacial score (nSPS) is 13.5. The van der Waals surface area contributed by atoms with Crippen LogP contribution in [0.5, 0.6) is 0 Å². The van der Waals surface area contributed by atoms with Crippen molar-refractivity contribution in [3.8, 4) is 0 Å². The lowest BCUT2D eigenvalue weighted by Crippen LogP contribution is -2.39. The molecule has 0 saturated heterocycles. The van der Waals surface area contributed by atoms with Gasteiger partial charge in [-0.25, -0.2) is 0 Å². The van der Waals surface area contributed by atoms with Gasteiger partial charge in [-0.1, -0.05) is 43.5 Å². The van der Waals surface area contributed by atoms with Crippen LogP contribution in [0.4, 0.5) is 0 Å². The largest absolute Gasteiger partial charge is 0.312 e. The summed E-state index contributed by atoms with van der Waals surface area (Å²) in [6.07, 6.45) is 4.97. The predicted molar refractivity (Wildman–Crippen MR) is 85.9 cm³/mol. The minimum atomic E-state index is 0.193. The van der Waals surface area contributed by atoms with Gasteiger partial charge in [-0.2, -0.15) is 0 Å². The van der Waals surface area contributed by atoms with Crippen LogP contribution in [0, 0.1) is 5.92 Å². The summed E-state index contributed by atoms with van der Waals surface area (Å²) in [7, 11) is 0. The van der Waals surface area contributed by atoms with Gasteiger partial charge in [-0.15, -0.1) is 0 Å². The lowest BCUT2D eigenvalue weighted by Gasteiger charge is -2.25. The van der Waals surface area contributed by atoms with Crippen molar-refractivity contribution in [2.45, 2.75) is 58.9 Å². The zero-order valence-electron chi connectivity index (χ0n) is 12.8. The molecule has 1 unspecified atom stereocenters. The molecule has 0 radical (unpaired) electrons. The molecule has 1 aromatic rings. The van der Waals surface area contributed by atoms with Gasteiger partial charge in [0.25, 0.3) is 0 Å². The third-order valence-electron chi connectivity index (χ3n) is 3.30. The number of rotatable bonds is 7. The van der Waals surface area contributed by atoms with Gasteiger partial charge in [0, 0.05) is 10.6 Å². The highest BCUT2D eigenvalue weighted by atomic mass is 35.5. The smallest absolute Gasteiger partial charge is 0.0408 e. The molecule has 0 spiro atoms. The Morgan fingerprint density at radius 1 is 1.26 bits per heavy atom. The third-order valence-corrected chi connectivity index (χ3v) is 3.54. The molecule has 19 heavy (non-hydrogen) atoms. The van der Waals surface area contributed by atoms with Crippen LogP contribution in [0.3, 0.4) is 0 Å². The highest BCUT2D eigenvalue weighted by Gasteiger charge is 2.14. The maximum atomic E-state index is 6.07. The summed E-state index contributed by atoms with van der Waals surface area (Å²) in [4.78, 5) is 0. The molecule has 0 heterocycles. The van der Waals surface area contributed by atoms with E-state index in [0.717, 1.165) is 18.0 Å². The summed E-state index contributed by atoms with van der Waals surface area (Å²) in [5.41, 5.74) is 1.54. The van der Waals surface area contributed by atoms with Gasteiger partial charge >= 0.3 is 0 Å². The minimum Gasteiger partial charge on any atom is -0.312 e. The Labute approximate surface area is 123 Å². The standard InChI is InChI=1S/C17H28ClN/c1-5-6-8-15(13-19-17(2,3)4)11-14-9-7-10-16(18)12-14/h7,9-10,12,15,19H,5-6,8,11,13H2,1-4H3. The molecule has 0 aromatic heterocycles. The summed E-state index contributed by atoms with van der Waals surface area (Å²) in [5.74, 6) is 0.692. The second-order valence-corrected chi connectivity index (χ2v) is 6.91.